The van der Waals surface area contributed by atoms with E-state index in [1.807, 2.05) is 32.0 Å². The molecule has 1 rings (SSSR count). The molecule has 0 radical (unpaired) electrons. The number of ether oxygens (including phenoxy) is 1. The van der Waals surface area contributed by atoms with Crippen LogP contribution in [0.3, 0.4) is 0 Å². The maximum absolute atomic E-state index is 12.2. The van der Waals surface area contributed by atoms with Gasteiger partial charge in [0.05, 0.1) is 5.54 Å². The Labute approximate surface area is 134 Å². The average Bonchev–Trinajstić information content (AvgIpc) is 2.57. The molecule has 1 unspecified atom stereocenters. The second-order valence-electron chi connectivity index (χ2n) is 5.88. The lowest BCUT2D eigenvalue weighted by Gasteiger charge is -2.31. The highest BCUT2D eigenvalue weighted by Gasteiger charge is 2.26. The first-order chi connectivity index (χ1) is 10.5. The molecule has 0 aliphatic rings. The van der Waals surface area contributed by atoms with E-state index >= 15 is 0 Å². The van der Waals surface area contributed by atoms with E-state index in [4.69, 9.17) is 10.5 Å². The lowest BCUT2D eigenvalue weighted by molar-refractivity contribution is -0.125. The van der Waals surface area contributed by atoms with Crippen molar-refractivity contribution in [3.05, 3.63) is 29.8 Å². The first-order valence-corrected chi connectivity index (χ1v) is 8.24. The fourth-order valence-corrected chi connectivity index (χ4v) is 2.48. The maximum atomic E-state index is 12.2. The van der Waals surface area contributed by atoms with Crippen molar-refractivity contribution in [2.24, 2.45) is 5.73 Å². The molecule has 0 fully saturated rings. The van der Waals surface area contributed by atoms with E-state index < -0.39 is 0 Å². The molecule has 0 spiro atoms. The Balaban J connectivity index is 2.69. The van der Waals surface area contributed by atoms with Gasteiger partial charge in [-0.2, -0.15) is 0 Å². The van der Waals surface area contributed by atoms with Crippen LogP contribution in [-0.2, 0) is 4.79 Å². The Bertz CT molecular complexity index is 462. The van der Waals surface area contributed by atoms with Crippen molar-refractivity contribution in [1.29, 1.82) is 0 Å². The van der Waals surface area contributed by atoms with Crippen LogP contribution in [0.1, 0.15) is 58.4 Å². The van der Waals surface area contributed by atoms with E-state index in [2.05, 4.69) is 25.2 Å². The van der Waals surface area contributed by atoms with Crippen molar-refractivity contribution in [3.63, 3.8) is 0 Å². The Kier molecular flexibility index (Phi) is 7.39. The molecule has 0 aliphatic heterocycles. The van der Waals surface area contributed by atoms with Crippen LogP contribution >= 0.6 is 0 Å². The zero-order valence-corrected chi connectivity index (χ0v) is 14.3. The number of carbonyl (C=O) groups excluding carboxylic acids is 1. The van der Waals surface area contributed by atoms with Crippen molar-refractivity contribution in [2.45, 2.75) is 58.4 Å². The molecule has 0 saturated heterocycles. The molecule has 22 heavy (non-hydrogen) atoms. The molecule has 124 valence electrons. The van der Waals surface area contributed by atoms with Gasteiger partial charge in [0.1, 0.15) is 5.75 Å². The number of nitrogens with two attached hydrogens (primary N) is 1. The Morgan fingerprint density at radius 1 is 1.27 bits per heavy atom. The summed E-state index contributed by atoms with van der Waals surface area (Å²) < 4.78 is 5.75. The fraction of sp³-hybridized carbons (Fsp3) is 0.611. The zero-order valence-electron chi connectivity index (χ0n) is 14.3. The van der Waals surface area contributed by atoms with Crippen molar-refractivity contribution in [3.8, 4) is 5.75 Å². The van der Waals surface area contributed by atoms with Crippen LogP contribution in [0.2, 0.25) is 0 Å². The molecule has 0 aromatic heterocycles. The third-order valence-corrected chi connectivity index (χ3v) is 4.57. The first kappa shape index (κ1) is 18.5. The standard InChI is InChI=1S/C18H30N2O2/c1-5-14(4)15-10-8-9-11-16(15)22-12-17(21)20-18(6-2,7-3)13-19/h8-11,14H,5-7,12-13,19H2,1-4H3,(H,20,21). The summed E-state index contributed by atoms with van der Waals surface area (Å²) in [6, 6.07) is 7.91. The van der Waals surface area contributed by atoms with E-state index in [1.54, 1.807) is 0 Å². The highest BCUT2D eigenvalue weighted by atomic mass is 16.5. The summed E-state index contributed by atoms with van der Waals surface area (Å²) in [7, 11) is 0. The lowest BCUT2D eigenvalue weighted by Crippen LogP contribution is -2.54. The molecule has 1 atom stereocenters. The minimum Gasteiger partial charge on any atom is -0.483 e. The first-order valence-electron chi connectivity index (χ1n) is 8.24. The van der Waals surface area contributed by atoms with E-state index in [0.717, 1.165) is 30.6 Å². The van der Waals surface area contributed by atoms with Gasteiger partial charge in [-0.1, -0.05) is 45.9 Å². The van der Waals surface area contributed by atoms with Gasteiger partial charge >= 0.3 is 0 Å². The molecule has 4 heteroatoms. The minimum atomic E-state index is -0.323. The molecule has 1 amide bonds. The van der Waals surface area contributed by atoms with Crippen LogP contribution in [0.4, 0.5) is 0 Å². The van der Waals surface area contributed by atoms with Gasteiger partial charge in [0.25, 0.3) is 5.91 Å². The molecule has 4 nitrogen and oxygen atoms in total. The molecular formula is C18H30N2O2. The quantitative estimate of drug-likeness (QED) is 0.736. The number of benzene rings is 1. The van der Waals surface area contributed by atoms with Gasteiger partial charge in [-0.15, -0.1) is 0 Å². The molecule has 1 aromatic carbocycles. The minimum absolute atomic E-state index is 0.0230. The topological polar surface area (TPSA) is 64.3 Å². The zero-order chi connectivity index (χ0) is 16.6. The molecule has 0 bridgehead atoms. The van der Waals surface area contributed by atoms with Crippen LogP contribution in [0.15, 0.2) is 24.3 Å². The lowest BCUT2D eigenvalue weighted by atomic mass is 9.93. The summed E-state index contributed by atoms with van der Waals surface area (Å²) >= 11 is 0. The number of hydrogen-bond donors (Lipinski definition) is 2. The average molecular weight is 306 g/mol. The van der Waals surface area contributed by atoms with Gasteiger partial charge in [0.15, 0.2) is 6.61 Å². The molecule has 1 aromatic rings. The number of amides is 1. The number of nitrogens with one attached hydrogen (secondary N) is 1. The van der Waals surface area contributed by atoms with Gasteiger partial charge in [0, 0.05) is 6.54 Å². The normalized spacial score (nSPS) is 12.8. The number of para-hydroxylation sites is 1. The van der Waals surface area contributed by atoms with Crippen LogP contribution in [0, 0.1) is 0 Å². The molecule has 3 N–H and O–H groups in total. The van der Waals surface area contributed by atoms with Gasteiger partial charge < -0.3 is 15.8 Å². The van der Waals surface area contributed by atoms with Gasteiger partial charge in [-0.3, -0.25) is 4.79 Å². The third kappa shape index (κ3) is 4.73. The highest BCUT2D eigenvalue weighted by molar-refractivity contribution is 5.78. The van der Waals surface area contributed by atoms with Crippen LogP contribution < -0.4 is 15.8 Å². The summed E-state index contributed by atoms with van der Waals surface area (Å²) in [5.41, 5.74) is 6.64. The molecule has 0 aliphatic carbocycles. The Morgan fingerprint density at radius 2 is 1.91 bits per heavy atom. The van der Waals surface area contributed by atoms with Gasteiger partial charge in [-0.25, -0.2) is 0 Å². The van der Waals surface area contributed by atoms with Crippen molar-refractivity contribution < 1.29 is 9.53 Å². The Morgan fingerprint density at radius 3 is 2.45 bits per heavy atom. The number of carbonyl (C=O) groups is 1. The smallest absolute Gasteiger partial charge is 0.258 e. The highest BCUT2D eigenvalue weighted by Crippen LogP contribution is 2.28. The van der Waals surface area contributed by atoms with Crippen LogP contribution in [0.5, 0.6) is 5.75 Å². The summed E-state index contributed by atoms with van der Waals surface area (Å²) in [6.45, 7) is 8.85. The van der Waals surface area contributed by atoms with E-state index in [-0.39, 0.29) is 18.1 Å². The van der Waals surface area contributed by atoms with E-state index in [0.29, 0.717) is 12.5 Å². The second kappa shape index (κ2) is 8.79. The van der Waals surface area contributed by atoms with Gasteiger partial charge in [-0.05, 0) is 36.8 Å². The summed E-state index contributed by atoms with van der Waals surface area (Å²) in [5.74, 6) is 1.08. The van der Waals surface area contributed by atoms with Crippen molar-refractivity contribution in [1.82, 2.24) is 5.32 Å². The molecule has 0 saturated carbocycles. The number of hydrogen-bond acceptors (Lipinski definition) is 3. The Hall–Kier alpha value is -1.55. The largest absolute Gasteiger partial charge is 0.483 e. The van der Waals surface area contributed by atoms with Gasteiger partial charge in [0.2, 0.25) is 0 Å². The summed E-state index contributed by atoms with van der Waals surface area (Å²) in [5, 5.41) is 3.02. The van der Waals surface area contributed by atoms with Crippen LogP contribution in [0.25, 0.3) is 0 Å². The summed E-state index contributed by atoms with van der Waals surface area (Å²) in [6.07, 6.45) is 2.67. The SMILES string of the molecule is CCC(C)c1ccccc1OCC(=O)NC(CC)(CC)CN. The van der Waals surface area contributed by atoms with Crippen molar-refractivity contribution >= 4 is 5.91 Å². The third-order valence-electron chi connectivity index (χ3n) is 4.57. The second-order valence-corrected chi connectivity index (χ2v) is 5.88. The molecule has 0 heterocycles. The summed E-state index contributed by atoms with van der Waals surface area (Å²) in [4.78, 5) is 12.2. The fourth-order valence-electron chi connectivity index (χ4n) is 2.48. The predicted octanol–water partition coefficient (Wildman–Crippen LogP) is 3.21. The number of rotatable bonds is 9. The van der Waals surface area contributed by atoms with Crippen LogP contribution in [-0.4, -0.2) is 24.6 Å². The van der Waals surface area contributed by atoms with Crippen molar-refractivity contribution in [2.75, 3.05) is 13.2 Å². The molecular weight excluding hydrogens is 276 g/mol. The maximum Gasteiger partial charge on any atom is 0.258 e. The monoisotopic (exact) mass is 306 g/mol. The van der Waals surface area contributed by atoms with E-state index in [1.165, 1.54) is 0 Å². The van der Waals surface area contributed by atoms with E-state index in [9.17, 15) is 4.79 Å². The predicted molar refractivity (Wildman–Crippen MR) is 91.2 cm³/mol.